The van der Waals surface area contributed by atoms with Crippen molar-refractivity contribution >= 4 is 0 Å². The minimum atomic E-state index is 0.0491. The molecule has 1 heterocycles. The van der Waals surface area contributed by atoms with Gasteiger partial charge in [0.25, 0.3) is 0 Å². The van der Waals surface area contributed by atoms with Crippen molar-refractivity contribution in [3.63, 3.8) is 0 Å². The molecule has 2 aliphatic rings. The highest BCUT2D eigenvalue weighted by atomic mass is 16.5. The van der Waals surface area contributed by atoms with Gasteiger partial charge in [0.15, 0.2) is 0 Å². The summed E-state index contributed by atoms with van der Waals surface area (Å²) < 4.78 is 5.77. The smallest absolute Gasteiger partial charge is 0.122 e. The summed E-state index contributed by atoms with van der Waals surface area (Å²) in [7, 11) is 0. The number of nitrogens with two attached hydrogens (primary N) is 1. The molecule has 0 saturated heterocycles. The van der Waals surface area contributed by atoms with Gasteiger partial charge in [-0.1, -0.05) is 25.1 Å². The molecule has 0 aromatic heterocycles. The Balaban J connectivity index is 1.84. The van der Waals surface area contributed by atoms with Crippen molar-refractivity contribution in [2.75, 3.05) is 6.61 Å². The number of hydrogen-bond donors (Lipinski definition) is 1. The van der Waals surface area contributed by atoms with E-state index in [2.05, 4.69) is 19.1 Å². The number of benzene rings is 1. The van der Waals surface area contributed by atoms with E-state index in [4.69, 9.17) is 10.5 Å². The normalized spacial score (nSPS) is 38.0. The Labute approximate surface area is 90.4 Å². The fraction of sp³-hybridized carbons (Fsp3) is 0.538. The van der Waals surface area contributed by atoms with Gasteiger partial charge in [-0.2, -0.15) is 0 Å². The largest absolute Gasteiger partial charge is 0.493 e. The molecule has 1 aliphatic heterocycles. The Hall–Kier alpha value is -1.02. The Morgan fingerprint density at radius 3 is 2.87 bits per heavy atom. The first-order chi connectivity index (χ1) is 7.20. The Kier molecular flexibility index (Phi) is 1.84. The molecule has 3 unspecified atom stereocenters. The molecule has 2 N–H and O–H groups in total. The lowest BCUT2D eigenvalue weighted by Crippen LogP contribution is -2.41. The van der Waals surface area contributed by atoms with Crippen molar-refractivity contribution in [3.05, 3.63) is 29.8 Å². The lowest BCUT2D eigenvalue weighted by molar-refractivity contribution is 0.186. The predicted molar refractivity (Wildman–Crippen MR) is 59.8 cm³/mol. The summed E-state index contributed by atoms with van der Waals surface area (Å²) in [5, 5.41) is 0. The molecular formula is C13H17NO. The molecule has 0 bridgehead atoms. The second-order valence-corrected chi connectivity index (χ2v) is 5.04. The van der Waals surface area contributed by atoms with Gasteiger partial charge >= 0.3 is 0 Å². The number of fused-ring (bicyclic) bond motifs is 1. The maximum absolute atomic E-state index is 6.34. The van der Waals surface area contributed by atoms with Gasteiger partial charge in [0.05, 0.1) is 6.61 Å². The molecule has 1 fully saturated rings. The molecule has 0 radical (unpaired) electrons. The average Bonchev–Trinajstić information content (AvgIpc) is 2.88. The van der Waals surface area contributed by atoms with E-state index in [1.54, 1.807) is 0 Å². The van der Waals surface area contributed by atoms with Crippen LogP contribution in [0.5, 0.6) is 5.75 Å². The zero-order valence-corrected chi connectivity index (χ0v) is 9.07. The third kappa shape index (κ3) is 1.36. The highest BCUT2D eigenvalue weighted by Gasteiger charge is 2.53. The third-order valence-electron chi connectivity index (χ3n) is 4.06. The Morgan fingerprint density at radius 2 is 2.13 bits per heavy atom. The van der Waals surface area contributed by atoms with Gasteiger partial charge in [-0.15, -0.1) is 0 Å². The molecule has 3 rings (SSSR count). The SMILES string of the molecule is CC1CC1(N)C1COc2ccccc2C1. The van der Waals surface area contributed by atoms with E-state index in [0.29, 0.717) is 11.8 Å². The molecule has 3 atom stereocenters. The molecule has 1 aromatic carbocycles. The molecule has 2 nitrogen and oxygen atoms in total. The molecule has 0 amide bonds. The summed E-state index contributed by atoms with van der Waals surface area (Å²) in [6, 6.07) is 8.30. The summed E-state index contributed by atoms with van der Waals surface area (Å²) in [6.07, 6.45) is 2.24. The minimum Gasteiger partial charge on any atom is -0.493 e. The van der Waals surface area contributed by atoms with Gasteiger partial charge in [0.2, 0.25) is 0 Å². The summed E-state index contributed by atoms with van der Waals surface area (Å²) in [5.74, 6) is 2.21. The second kappa shape index (κ2) is 2.99. The van der Waals surface area contributed by atoms with Gasteiger partial charge in [-0.05, 0) is 30.4 Å². The third-order valence-corrected chi connectivity index (χ3v) is 4.06. The number of para-hydroxylation sites is 1. The van der Waals surface area contributed by atoms with Crippen molar-refractivity contribution in [1.29, 1.82) is 0 Å². The molecule has 1 aromatic rings. The van der Waals surface area contributed by atoms with E-state index in [1.165, 1.54) is 5.56 Å². The van der Waals surface area contributed by atoms with E-state index < -0.39 is 0 Å². The predicted octanol–water partition coefficient (Wildman–Crippen LogP) is 1.97. The summed E-state index contributed by atoms with van der Waals surface area (Å²) in [6.45, 7) is 3.03. The average molecular weight is 203 g/mol. The fourth-order valence-corrected chi connectivity index (χ4v) is 2.71. The lowest BCUT2D eigenvalue weighted by Gasteiger charge is -2.30. The molecule has 15 heavy (non-hydrogen) atoms. The summed E-state index contributed by atoms with van der Waals surface area (Å²) >= 11 is 0. The minimum absolute atomic E-state index is 0.0491. The maximum atomic E-state index is 6.34. The van der Waals surface area contributed by atoms with Crippen molar-refractivity contribution in [1.82, 2.24) is 0 Å². The van der Waals surface area contributed by atoms with Crippen molar-refractivity contribution in [3.8, 4) is 5.75 Å². The van der Waals surface area contributed by atoms with E-state index in [1.807, 2.05) is 12.1 Å². The van der Waals surface area contributed by atoms with Crippen LogP contribution in [0.2, 0.25) is 0 Å². The van der Waals surface area contributed by atoms with Crippen LogP contribution in [0.3, 0.4) is 0 Å². The fourth-order valence-electron chi connectivity index (χ4n) is 2.71. The Morgan fingerprint density at radius 1 is 1.40 bits per heavy atom. The summed E-state index contributed by atoms with van der Waals surface area (Å²) in [4.78, 5) is 0. The van der Waals surface area contributed by atoms with Crippen molar-refractivity contribution in [2.24, 2.45) is 17.6 Å². The van der Waals surface area contributed by atoms with E-state index in [-0.39, 0.29) is 5.54 Å². The quantitative estimate of drug-likeness (QED) is 0.757. The van der Waals surface area contributed by atoms with E-state index in [9.17, 15) is 0 Å². The first-order valence-electron chi connectivity index (χ1n) is 5.70. The van der Waals surface area contributed by atoms with Gasteiger partial charge in [0, 0.05) is 11.5 Å². The molecule has 1 saturated carbocycles. The number of hydrogen-bond acceptors (Lipinski definition) is 2. The topological polar surface area (TPSA) is 35.2 Å². The highest BCUT2D eigenvalue weighted by Crippen LogP contribution is 2.49. The number of ether oxygens (including phenoxy) is 1. The van der Waals surface area contributed by atoms with Crippen LogP contribution < -0.4 is 10.5 Å². The van der Waals surface area contributed by atoms with Gasteiger partial charge in [-0.25, -0.2) is 0 Å². The van der Waals surface area contributed by atoms with Gasteiger partial charge in [0.1, 0.15) is 5.75 Å². The molecule has 2 heteroatoms. The number of rotatable bonds is 1. The van der Waals surface area contributed by atoms with Crippen LogP contribution in [0.4, 0.5) is 0 Å². The summed E-state index contributed by atoms with van der Waals surface area (Å²) in [5.41, 5.74) is 7.71. The first kappa shape index (κ1) is 9.22. The van der Waals surface area contributed by atoms with Crippen LogP contribution in [0.15, 0.2) is 24.3 Å². The van der Waals surface area contributed by atoms with Gasteiger partial charge in [-0.3, -0.25) is 0 Å². The van der Waals surface area contributed by atoms with E-state index >= 15 is 0 Å². The van der Waals surface area contributed by atoms with Crippen LogP contribution >= 0.6 is 0 Å². The zero-order chi connectivity index (χ0) is 10.5. The zero-order valence-electron chi connectivity index (χ0n) is 9.07. The molecule has 1 aliphatic carbocycles. The van der Waals surface area contributed by atoms with Crippen LogP contribution in [-0.4, -0.2) is 12.1 Å². The van der Waals surface area contributed by atoms with Crippen molar-refractivity contribution < 1.29 is 4.74 Å². The molecule has 0 spiro atoms. The van der Waals surface area contributed by atoms with Crippen LogP contribution in [0.1, 0.15) is 18.9 Å². The van der Waals surface area contributed by atoms with E-state index in [0.717, 1.165) is 25.2 Å². The monoisotopic (exact) mass is 203 g/mol. The van der Waals surface area contributed by atoms with Crippen molar-refractivity contribution in [2.45, 2.75) is 25.3 Å². The molecular weight excluding hydrogens is 186 g/mol. The lowest BCUT2D eigenvalue weighted by atomic mass is 9.88. The second-order valence-electron chi connectivity index (χ2n) is 5.04. The first-order valence-corrected chi connectivity index (χ1v) is 5.70. The molecule has 80 valence electrons. The van der Waals surface area contributed by atoms with Crippen LogP contribution in [0, 0.1) is 11.8 Å². The highest BCUT2D eigenvalue weighted by molar-refractivity contribution is 5.36. The maximum Gasteiger partial charge on any atom is 0.122 e. The van der Waals surface area contributed by atoms with Crippen LogP contribution in [0.25, 0.3) is 0 Å². The standard InChI is InChI=1S/C13H17NO/c1-9-7-13(9,14)11-6-10-4-2-3-5-12(10)15-8-11/h2-5,9,11H,6-8,14H2,1H3. The Bertz CT molecular complexity index is 390. The van der Waals surface area contributed by atoms with Gasteiger partial charge < -0.3 is 10.5 Å². The van der Waals surface area contributed by atoms with Crippen LogP contribution in [-0.2, 0) is 6.42 Å².